The molecule has 0 aliphatic heterocycles. The summed E-state index contributed by atoms with van der Waals surface area (Å²) in [5.74, 6) is 0. The second-order valence-corrected chi connectivity index (χ2v) is 22.8. The van der Waals surface area contributed by atoms with E-state index in [1.807, 2.05) is 25.9 Å². The maximum absolute atomic E-state index is 2.64. The number of thiophene rings is 2. The molecule has 0 amide bonds. The molecule has 2 unspecified atom stereocenters. The molecule has 3 aliphatic carbocycles. The average Bonchev–Trinajstić information content (AvgIpc) is 3.92. The van der Waals surface area contributed by atoms with E-state index in [9.17, 15) is 0 Å². The van der Waals surface area contributed by atoms with Crippen LogP contribution in [0.4, 0.5) is 0 Å². The summed E-state index contributed by atoms with van der Waals surface area (Å²) in [5, 5.41) is 4.56. The van der Waals surface area contributed by atoms with Crippen molar-refractivity contribution >= 4 is 49.2 Å². The summed E-state index contributed by atoms with van der Waals surface area (Å²) in [6.45, 7) is 9.38. The zero-order valence-electron chi connectivity index (χ0n) is 29.4. The molecule has 0 saturated heterocycles. The van der Waals surface area contributed by atoms with Gasteiger partial charge in [-0.1, -0.05) is 0 Å². The van der Waals surface area contributed by atoms with Crippen LogP contribution in [0.25, 0.3) is 45.6 Å². The van der Waals surface area contributed by atoms with Crippen molar-refractivity contribution in [3.8, 4) is 22.3 Å². The third kappa shape index (κ3) is 6.12. The van der Waals surface area contributed by atoms with Crippen LogP contribution in [0.1, 0.15) is 80.8 Å². The number of rotatable bonds is 6. The van der Waals surface area contributed by atoms with Crippen LogP contribution in [-0.4, -0.2) is 3.21 Å². The van der Waals surface area contributed by atoms with Crippen LogP contribution in [0.15, 0.2) is 108 Å². The predicted molar refractivity (Wildman–Crippen MR) is 211 cm³/mol. The summed E-state index contributed by atoms with van der Waals surface area (Å²) in [7, 11) is 0. The van der Waals surface area contributed by atoms with Gasteiger partial charge in [0.15, 0.2) is 0 Å². The molecule has 0 nitrogen and oxygen atoms in total. The molecule has 0 radical (unpaired) electrons. The Bertz CT molecular complexity index is 2170. The first kappa shape index (κ1) is 36.5. The van der Waals surface area contributed by atoms with Gasteiger partial charge >= 0.3 is 309 Å². The smallest absolute Gasteiger partial charge is 1.00 e. The van der Waals surface area contributed by atoms with Crippen LogP contribution in [-0.2, 0) is 21.3 Å². The van der Waals surface area contributed by atoms with E-state index >= 15 is 0 Å². The molecule has 3 aliphatic rings. The molecule has 2 atom stereocenters. The standard InChI is InChI=1S/2C21H17S.C4H6.2ClH.Zr/c2*1-14-11-17-12-18(20-9-6-10-22-20)13-19(17)21(15(14)2)16-7-4-3-5-8-16;1-2-4-3-1;;;/h2*3-13H,1-2H3;1-3H2;2*1H;/q;;;;;+2/p-2. The zero-order chi connectivity index (χ0) is 33.2. The monoisotopic (exact) mass is 816 g/mol. The van der Waals surface area contributed by atoms with Crippen molar-refractivity contribution in [2.45, 2.75) is 54.2 Å². The minimum atomic E-state index is -2.61. The Morgan fingerprint density at radius 1 is 0.549 bits per heavy atom. The van der Waals surface area contributed by atoms with Crippen molar-refractivity contribution in [3.05, 3.63) is 162 Å². The van der Waals surface area contributed by atoms with Gasteiger partial charge in [-0.15, -0.1) is 0 Å². The van der Waals surface area contributed by atoms with E-state index in [1.54, 1.807) is 22.3 Å². The normalized spacial score (nSPS) is 16.9. The van der Waals surface area contributed by atoms with Gasteiger partial charge < -0.3 is 24.8 Å². The van der Waals surface area contributed by atoms with Gasteiger partial charge in [-0.25, -0.2) is 0 Å². The predicted octanol–water partition coefficient (Wildman–Crippen LogP) is 7.25. The SMILES string of the molecule is Cc1cc2c(c(-c3ccccc3)c1C)C=C(c1cccs1)[CH]2[Zr+2](=[C]1CCC1)[CH]1C(c2cccs2)=Cc2c1cc(C)c(C)c2-c1ccccc1.[Cl-].[Cl-]. The second-order valence-electron chi connectivity index (χ2n) is 14.1. The van der Waals surface area contributed by atoms with E-state index < -0.39 is 21.3 Å². The first-order chi connectivity index (χ1) is 24.0. The molecule has 5 heteroatoms. The summed E-state index contributed by atoms with van der Waals surface area (Å²) in [6.07, 6.45) is 9.25. The molecule has 51 heavy (non-hydrogen) atoms. The minimum Gasteiger partial charge on any atom is -1.00 e. The van der Waals surface area contributed by atoms with Crippen molar-refractivity contribution in [2.24, 2.45) is 0 Å². The Balaban J connectivity index is 0.00000203. The Hall–Kier alpha value is -2.91. The largest absolute Gasteiger partial charge is 1.00 e. The molecular weight excluding hydrogens is 779 g/mol. The number of allylic oxidation sites excluding steroid dienone is 2. The van der Waals surface area contributed by atoms with Gasteiger partial charge in [0.2, 0.25) is 0 Å². The molecule has 9 rings (SSSR count). The van der Waals surface area contributed by atoms with Gasteiger partial charge in [0.1, 0.15) is 0 Å². The molecule has 254 valence electrons. The molecule has 0 bridgehead atoms. The molecule has 0 N–H and O–H groups in total. The maximum Gasteiger partial charge on any atom is -1.00 e. The number of halogens is 2. The van der Waals surface area contributed by atoms with Crippen LogP contribution in [0.2, 0.25) is 0 Å². The molecule has 1 saturated carbocycles. The Morgan fingerprint density at radius 3 is 1.33 bits per heavy atom. The fourth-order valence-corrected chi connectivity index (χ4v) is 21.5. The van der Waals surface area contributed by atoms with Crippen LogP contribution in [0.5, 0.6) is 0 Å². The first-order valence-electron chi connectivity index (χ1n) is 17.6. The van der Waals surface area contributed by atoms with Crippen molar-refractivity contribution in [1.82, 2.24) is 0 Å². The van der Waals surface area contributed by atoms with E-state index in [4.69, 9.17) is 0 Å². The molecule has 2 heterocycles. The minimum absolute atomic E-state index is 0. The van der Waals surface area contributed by atoms with Crippen molar-refractivity contribution in [2.75, 3.05) is 0 Å². The van der Waals surface area contributed by atoms with Gasteiger partial charge in [0, 0.05) is 0 Å². The van der Waals surface area contributed by atoms with Gasteiger partial charge in [-0.2, -0.15) is 0 Å². The van der Waals surface area contributed by atoms with E-state index in [0.717, 1.165) is 0 Å². The van der Waals surface area contributed by atoms with Crippen LogP contribution in [0.3, 0.4) is 0 Å². The summed E-state index contributed by atoms with van der Waals surface area (Å²) in [6, 6.07) is 36.9. The van der Waals surface area contributed by atoms with E-state index in [1.165, 1.54) is 84.7 Å². The van der Waals surface area contributed by atoms with E-state index in [2.05, 4.69) is 148 Å². The molecule has 1 fully saturated rings. The van der Waals surface area contributed by atoms with Gasteiger partial charge in [0.25, 0.3) is 0 Å². The van der Waals surface area contributed by atoms with Gasteiger partial charge in [0.05, 0.1) is 0 Å². The third-order valence-corrected chi connectivity index (χ3v) is 22.6. The second kappa shape index (κ2) is 14.8. The molecule has 6 aromatic rings. The maximum atomic E-state index is 2.64. The van der Waals surface area contributed by atoms with Crippen molar-refractivity contribution in [3.63, 3.8) is 0 Å². The summed E-state index contributed by atoms with van der Waals surface area (Å²) >= 11 is 1.25. The summed E-state index contributed by atoms with van der Waals surface area (Å²) in [4.78, 5) is 2.91. The zero-order valence-corrected chi connectivity index (χ0v) is 35.0. The van der Waals surface area contributed by atoms with Crippen LogP contribution < -0.4 is 24.8 Å². The molecular formula is C46H40Cl2S2Zr. The Morgan fingerprint density at radius 2 is 0.980 bits per heavy atom. The Labute approximate surface area is 331 Å². The fourth-order valence-electron chi connectivity index (χ4n) is 8.68. The topological polar surface area (TPSA) is 0 Å². The molecule has 4 aromatic carbocycles. The van der Waals surface area contributed by atoms with Gasteiger partial charge in [-0.3, -0.25) is 0 Å². The molecule has 0 spiro atoms. The van der Waals surface area contributed by atoms with Gasteiger partial charge in [-0.05, 0) is 0 Å². The van der Waals surface area contributed by atoms with E-state index in [0.29, 0.717) is 7.25 Å². The number of hydrogen-bond acceptors (Lipinski definition) is 2. The van der Waals surface area contributed by atoms with E-state index in [-0.39, 0.29) is 24.8 Å². The first-order valence-corrected chi connectivity index (χ1v) is 23.4. The van der Waals surface area contributed by atoms with Crippen molar-refractivity contribution in [1.29, 1.82) is 0 Å². The summed E-state index contributed by atoms with van der Waals surface area (Å²) in [5.41, 5.74) is 20.6. The summed E-state index contributed by atoms with van der Waals surface area (Å²) < 4.78 is 2.91. The number of hydrogen-bond donors (Lipinski definition) is 0. The third-order valence-electron chi connectivity index (χ3n) is 11.4. The van der Waals surface area contributed by atoms with Crippen LogP contribution in [0, 0.1) is 27.7 Å². The number of aryl methyl sites for hydroxylation is 2. The van der Waals surface area contributed by atoms with Crippen molar-refractivity contribution < 1.29 is 46.1 Å². The van der Waals surface area contributed by atoms with Crippen LogP contribution >= 0.6 is 22.7 Å². The molecule has 2 aromatic heterocycles. The number of benzene rings is 4. The fraction of sp³-hybridized carbons (Fsp3) is 0.196. The Kier molecular flexibility index (Phi) is 10.6. The average molecular weight is 819 g/mol. The number of fused-ring (bicyclic) bond motifs is 2. The quantitative estimate of drug-likeness (QED) is 0.166.